The molecule has 6 nitrogen and oxygen atoms in total. The van der Waals surface area contributed by atoms with Crippen LogP contribution in [0.1, 0.15) is 25.5 Å². The molecule has 0 aliphatic carbocycles. The summed E-state index contributed by atoms with van der Waals surface area (Å²) < 4.78 is 26.6. The second-order valence-corrected chi connectivity index (χ2v) is 6.71. The van der Waals surface area contributed by atoms with Crippen LogP contribution in [0.4, 0.5) is 5.13 Å². The number of nitrogens with one attached hydrogen (secondary N) is 2. The summed E-state index contributed by atoms with van der Waals surface area (Å²) in [6, 6.07) is 6.98. The number of benzene rings is 1. The maximum absolute atomic E-state index is 12.1. The molecular weight excluding hydrogens is 296 g/mol. The maximum atomic E-state index is 12.1. The van der Waals surface area contributed by atoms with Crippen molar-refractivity contribution in [3.8, 4) is 0 Å². The minimum absolute atomic E-state index is 0.188. The van der Waals surface area contributed by atoms with E-state index in [-0.39, 0.29) is 16.1 Å². The molecule has 2 aromatic rings. The maximum Gasteiger partial charge on any atom is 0.263 e. The first kappa shape index (κ1) is 14.9. The molecule has 2 N–H and O–H groups in total. The standard InChI is InChI=1S/C12H16N4O2S2/c1-3-13-9(2)10-4-6-11(7-5-10)20(17,18)16-12-15-14-8-19-12/h4-9,13H,3H2,1-2H3,(H,15,16). The lowest BCUT2D eigenvalue weighted by Gasteiger charge is -2.13. The Morgan fingerprint density at radius 3 is 2.55 bits per heavy atom. The first-order valence-electron chi connectivity index (χ1n) is 6.15. The smallest absolute Gasteiger partial charge is 0.263 e. The van der Waals surface area contributed by atoms with E-state index in [1.807, 2.05) is 26.0 Å². The fourth-order valence-electron chi connectivity index (χ4n) is 1.75. The molecule has 1 atom stereocenters. The summed E-state index contributed by atoms with van der Waals surface area (Å²) in [5.41, 5.74) is 2.51. The van der Waals surface area contributed by atoms with E-state index >= 15 is 0 Å². The van der Waals surface area contributed by atoms with Gasteiger partial charge < -0.3 is 5.32 Å². The van der Waals surface area contributed by atoms with Crippen molar-refractivity contribution in [2.24, 2.45) is 0 Å². The molecule has 1 unspecified atom stereocenters. The third-order valence-electron chi connectivity index (χ3n) is 2.78. The highest BCUT2D eigenvalue weighted by molar-refractivity contribution is 7.93. The number of aromatic nitrogens is 2. The highest BCUT2D eigenvalue weighted by atomic mass is 32.2. The van der Waals surface area contributed by atoms with Crippen molar-refractivity contribution in [2.75, 3.05) is 11.3 Å². The minimum Gasteiger partial charge on any atom is -0.310 e. The molecule has 1 heterocycles. The van der Waals surface area contributed by atoms with Crippen molar-refractivity contribution in [1.29, 1.82) is 0 Å². The zero-order chi connectivity index (χ0) is 14.6. The van der Waals surface area contributed by atoms with E-state index in [1.54, 1.807) is 12.1 Å². The van der Waals surface area contributed by atoms with E-state index in [9.17, 15) is 8.42 Å². The number of hydrogen-bond donors (Lipinski definition) is 2. The van der Waals surface area contributed by atoms with Gasteiger partial charge in [0.2, 0.25) is 5.13 Å². The van der Waals surface area contributed by atoms with Gasteiger partial charge in [0, 0.05) is 6.04 Å². The molecule has 8 heteroatoms. The van der Waals surface area contributed by atoms with Crippen LogP contribution < -0.4 is 10.0 Å². The Kier molecular flexibility index (Phi) is 4.69. The molecule has 2 rings (SSSR count). The quantitative estimate of drug-likeness (QED) is 0.852. The molecule has 0 aliphatic rings. The molecule has 0 bridgehead atoms. The minimum atomic E-state index is -3.60. The van der Waals surface area contributed by atoms with Gasteiger partial charge in [-0.1, -0.05) is 30.4 Å². The molecule has 0 spiro atoms. The van der Waals surface area contributed by atoms with Crippen molar-refractivity contribution in [3.05, 3.63) is 35.3 Å². The summed E-state index contributed by atoms with van der Waals surface area (Å²) in [4.78, 5) is 0.208. The molecule has 0 saturated carbocycles. The van der Waals surface area contributed by atoms with Crippen molar-refractivity contribution < 1.29 is 8.42 Å². The lowest BCUT2D eigenvalue weighted by molar-refractivity contribution is 0.594. The average Bonchev–Trinajstić information content (AvgIpc) is 2.91. The highest BCUT2D eigenvalue weighted by Crippen LogP contribution is 2.19. The van der Waals surface area contributed by atoms with Crippen molar-refractivity contribution in [3.63, 3.8) is 0 Å². The monoisotopic (exact) mass is 312 g/mol. The topological polar surface area (TPSA) is 84.0 Å². The third kappa shape index (κ3) is 3.53. The van der Waals surface area contributed by atoms with Gasteiger partial charge in [-0.25, -0.2) is 8.42 Å². The second kappa shape index (κ2) is 6.29. The molecule has 1 aromatic carbocycles. The lowest BCUT2D eigenvalue weighted by atomic mass is 10.1. The Morgan fingerprint density at radius 1 is 1.30 bits per heavy atom. The van der Waals surface area contributed by atoms with E-state index in [0.717, 1.165) is 23.4 Å². The van der Waals surface area contributed by atoms with Gasteiger partial charge in [-0.3, -0.25) is 4.72 Å². The van der Waals surface area contributed by atoms with Crippen LogP contribution in [-0.2, 0) is 10.0 Å². The van der Waals surface area contributed by atoms with E-state index in [1.165, 1.54) is 5.51 Å². The molecule has 0 aliphatic heterocycles. The second-order valence-electron chi connectivity index (χ2n) is 4.20. The average molecular weight is 312 g/mol. The van der Waals surface area contributed by atoms with E-state index in [2.05, 4.69) is 20.2 Å². The van der Waals surface area contributed by atoms with Crippen LogP contribution in [0.5, 0.6) is 0 Å². The Bertz CT molecular complexity index is 639. The summed E-state index contributed by atoms with van der Waals surface area (Å²) in [6.45, 7) is 4.92. The Hall–Kier alpha value is -1.51. The summed E-state index contributed by atoms with van der Waals surface area (Å²) >= 11 is 1.14. The van der Waals surface area contributed by atoms with Gasteiger partial charge in [-0.15, -0.1) is 10.2 Å². The van der Waals surface area contributed by atoms with Gasteiger partial charge in [0.25, 0.3) is 10.0 Å². The van der Waals surface area contributed by atoms with Crippen molar-refractivity contribution in [1.82, 2.24) is 15.5 Å². The normalized spacial score (nSPS) is 13.1. The number of hydrogen-bond acceptors (Lipinski definition) is 6. The van der Waals surface area contributed by atoms with Crippen LogP contribution in [0, 0.1) is 0 Å². The number of nitrogens with zero attached hydrogens (tertiary/aromatic N) is 2. The van der Waals surface area contributed by atoms with E-state index in [0.29, 0.717) is 0 Å². The van der Waals surface area contributed by atoms with Crippen LogP contribution in [0.3, 0.4) is 0 Å². The molecule has 108 valence electrons. The van der Waals surface area contributed by atoms with Gasteiger partial charge >= 0.3 is 0 Å². The van der Waals surface area contributed by atoms with Gasteiger partial charge in [-0.05, 0) is 31.2 Å². The van der Waals surface area contributed by atoms with Crippen LogP contribution in [0.25, 0.3) is 0 Å². The molecule has 1 aromatic heterocycles. The predicted molar refractivity (Wildman–Crippen MR) is 79.3 cm³/mol. The fraction of sp³-hybridized carbons (Fsp3) is 0.333. The first-order chi connectivity index (χ1) is 9.53. The molecule has 0 saturated heterocycles. The molecular formula is C12H16N4O2S2. The zero-order valence-corrected chi connectivity index (χ0v) is 12.8. The van der Waals surface area contributed by atoms with Crippen molar-refractivity contribution in [2.45, 2.75) is 24.8 Å². The summed E-state index contributed by atoms with van der Waals surface area (Å²) in [5, 5.41) is 10.8. The Balaban J connectivity index is 2.16. The number of rotatable bonds is 6. The molecule has 0 radical (unpaired) electrons. The molecule has 0 fully saturated rings. The van der Waals surface area contributed by atoms with Crippen LogP contribution in [0.2, 0.25) is 0 Å². The summed E-state index contributed by atoms with van der Waals surface area (Å²) in [7, 11) is -3.60. The van der Waals surface area contributed by atoms with Crippen LogP contribution in [-0.4, -0.2) is 25.2 Å². The lowest BCUT2D eigenvalue weighted by Crippen LogP contribution is -2.18. The van der Waals surface area contributed by atoms with Crippen LogP contribution in [0.15, 0.2) is 34.7 Å². The predicted octanol–water partition coefficient (Wildman–Crippen LogP) is 2.01. The highest BCUT2D eigenvalue weighted by Gasteiger charge is 2.16. The largest absolute Gasteiger partial charge is 0.310 e. The molecule has 20 heavy (non-hydrogen) atoms. The Morgan fingerprint density at radius 2 is 2.00 bits per heavy atom. The summed E-state index contributed by atoms with van der Waals surface area (Å²) in [6.07, 6.45) is 0. The van der Waals surface area contributed by atoms with Crippen LogP contribution >= 0.6 is 11.3 Å². The van der Waals surface area contributed by atoms with E-state index in [4.69, 9.17) is 0 Å². The third-order valence-corrected chi connectivity index (χ3v) is 4.87. The molecule has 0 amide bonds. The fourth-order valence-corrected chi connectivity index (χ4v) is 3.44. The SMILES string of the molecule is CCNC(C)c1ccc(S(=O)(=O)Nc2nncs2)cc1. The van der Waals surface area contributed by atoms with Crippen molar-refractivity contribution >= 4 is 26.5 Å². The number of anilines is 1. The first-order valence-corrected chi connectivity index (χ1v) is 8.51. The van der Waals surface area contributed by atoms with E-state index < -0.39 is 10.0 Å². The van der Waals surface area contributed by atoms with Gasteiger partial charge in [0.05, 0.1) is 4.90 Å². The zero-order valence-electron chi connectivity index (χ0n) is 11.2. The number of sulfonamides is 1. The van der Waals surface area contributed by atoms with Gasteiger partial charge in [0.15, 0.2) is 0 Å². The van der Waals surface area contributed by atoms with Gasteiger partial charge in [-0.2, -0.15) is 0 Å². The van der Waals surface area contributed by atoms with Gasteiger partial charge in [0.1, 0.15) is 5.51 Å². The summed E-state index contributed by atoms with van der Waals surface area (Å²) in [5.74, 6) is 0. The Labute approximate surface area is 122 Å².